The second-order valence-corrected chi connectivity index (χ2v) is 7.80. The number of likely N-dealkylation sites (tertiary alicyclic amines) is 1. The third kappa shape index (κ3) is 3.70. The minimum Gasteiger partial charge on any atom is -0.347 e. The highest BCUT2D eigenvalue weighted by molar-refractivity contribution is 6.30. The van der Waals surface area contributed by atoms with E-state index < -0.39 is 0 Å². The Hall–Kier alpha value is -2.93. The fraction of sp³-hybridized carbons (Fsp3) is 0.333. The third-order valence-corrected chi connectivity index (χ3v) is 5.48. The molecule has 3 aromatic rings. The Morgan fingerprint density at radius 3 is 2.62 bits per heavy atom. The Morgan fingerprint density at radius 2 is 1.97 bits per heavy atom. The summed E-state index contributed by atoms with van der Waals surface area (Å²) in [6, 6.07) is 9.26. The molecule has 1 saturated heterocycles. The summed E-state index contributed by atoms with van der Waals surface area (Å²) >= 11 is 6.07. The molecule has 0 unspecified atom stereocenters. The molecule has 0 bridgehead atoms. The van der Waals surface area contributed by atoms with Gasteiger partial charge in [0.1, 0.15) is 5.69 Å². The van der Waals surface area contributed by atoms with Gasteiger partial charge in [0.15, 0.2) is 0 Å². The summed E-state index contributed by atoms with van der Waals surface area (Å²) in [5.74, 6) is 0.595. The minimum absolute atomic E-state index is 0.0282. The van der Waals surface area contributed by atoms with E-state index >= 15 is 0 Å². The lowest BCUT2D eigenvalue weighted by molar-refractivity contribution is 0.0722. The Balaban J connectivity index is 1.79. The maximum Gasteiger partial charge on any atom is 0.272 e. The Morgan fingerprint density at radius 1 is 1.21 bits per heavy atom. The van der Waals surface area contributed by atoms with Crippen LogP contribution in [-0.4, -0.2) is 51.2 Å². The van der Waals surface area contributed by atoms with Crippen molar-refractivity contribution in [2.75, 3.05) is 25.5 Å². The molecule has 1 aliphatic heterocycles. The highest BCUT2D eigenvalue weighted by atomic mass is 35.5. The van der Waals surface area contributed by atoms with Gasteiger partial charge in [-0.3, -0.25) is 9.48 Å². The topological polar surface area (TPSA) is 67.2 Å². The van der Waals surface area contributed by atoms with Crippen LogP contribution >= 0.6 is 11.6 Å². The van der Waals surface area contributed by atoms with Crippen molar-refractivity contribution < 1.29 is 4.79 Å². The van der Waals surface area contributed by atoms with Crippen LogP contribution in [0.3, 0.4) is 0 Å². The van der Waals surface area contributed by atoms with Crippen LogP contribution in [-0.2, 0) is 7.05 Å². The summed E-state index contributed by atoms with van der Waals surface area (Å²) in [6.07, 6.45) is 5.27. The predicted octanol–water partition coefficient (Wildman–Crippen LogP) is 3.57. The van der Waals surface area contributed by atoms with Crippen LogP contribution in [0.5, 0.6) is 0 Å². The molecule has 0 aliphatic carbocycles. The molecule has 0 radical (unpaired) electrons. The normalized spacial score (nSPS) is 16.3. The average Bonchev–Trinajstić information content (AvgIpc) is 3.36. The van der Waals surface area contributed by atoms with Crippen molar-refractivity contribution in [3.8, 4) is 11.1 Å². The summed E-state index contributed by atoms with van der Waals surface area (Å²) in [5.41, 5.74) is 3.34. The summed E-state index contributed by atoms with van der Waals surface area (Å²) < 4.78 is 1.61. The molecule has 8 heteroatoms. The van der Waals surface area contributed by atoms with Gasteiger partial charge in [-0.25, -0.2) is 9.97 Å². The van der Waals surface area contributed by atoms with E-state index in [0.717, 1.165) is 29.7 Å². The predicted molar refractivity (Wildman–Crippen MR) is 113 cm³/mol. The molecular weight excluding hydrogens is 388 g/mol. The Bertz CT molecular complexity index is 1030. The van der Waals surface area contributed by atoms with Crippen molar-refractivity contribution in [2.45, 2.75) is 18.9 Å². The van der Waals surface area contributed by atoms with Crippen molar-refractivity contribution in [1.29, 1.82) is 0 Å². The summed E-state index contributed by atoms with van der Waals surface area (Å²) in [5, 5.41) is 4.82. The van der Waals surface area contributed by atoms with Crippen LogP contribution < -0.4 is 4.90 Å². The second kappa shape index (κ2) is 7.83. The second-order valence-electron chi connectivity index (χ2n) is 7.37. The first-order chi connectivity index (χ1) is 14.0. The molecule has 4 rings (SSSR count). The maximum atomic E-state index is 13.2. The van der Waals surface area contributed by atoms with Gasteiger partial charge in [0, 0.05) is 50.7 Å². The highest BCUT2D eigenvalue weighted by Gasteiger charge is 2.34. The molecule has 2 aromatic heterocycles. The number of nitrogens with zero attached hydrogens (tertiary/aromatic N) is 6. The summed E-state index contributed by atoms with van der Waals surface area (Å²) in [7, 11) is 5.61. The van der Waals surface area contributed by atoms with Crippen molar-refractivity contribution in [3.05, 3.63) is 59.1 Å². The SMILES string of the molecule is CN(C)c1ncc(-c2ccc(Cl)cc2)c([C@H]2CCCN2C(=O)c2ccnn2C)n1. The average molecular weight is 411 g/mol. The van der Waals surface area contributed by atoms with Gasteiger partial charge in [0.05, 0.1) is 11.7 Å². The molecule has 0 spiro atoms. The molecule has 29 heavy (non-hydrogen) atoms. The first-order valence-electron chi connectivity index (χ1n) is 9.55. The third-order valence-electron chi connectivity index (χ3n) is 5.23. The molecule has 1 aromatic carbocycles. The Labute approximate surface area is 174 Å². The van der Waals surface area contributed by atoms with Gasteiger partial charge in [-0.05, 0) is 36.6 Å². The van der Waals surface area contributed by atoms with E-state index in [-0.39, 0.29) is 11.9 Å². The number of aryl methyl sites for hydroxylation is 1. The van der Waals surface area contributed by atoms with E-state index in [1.165, 1.54) is 0 Å². The summed E-state index contributed by atoms with van der Waals surface area (Å²) in [6.45, 7) is 0.691. The molecule has 150 valence electrons. The van der Waals surface area contributed by atoms with E-state index in [4.69, 9.17) is 16.6 Å². The van der Waals surface area contributed by atoms with Crippen molar-refractivity contribution in [2.24, 2.45) is 7.05 Å². The Kier molecular flexibility index (Phi) is 5.24. The molecule has 1 aliphatic rings. The monoisotopic (exact) mass is 410 g/mol. The zero-order valence-electron chi connectivity index (χ0n) is 16.7. The minimum atomic E-state index is -0.121. The number of hydrogen-bond donors (Lipinski definition) is 0. The first-order valence-corrected chi connectivity index (χ1v) is 9.92. The van der Waals surface area contributed by atoms with E-state index in [1.54, 1.807) is 24.0 Å². The van der Waals surface area contributed by atoms with Gasteiger partial charge in [0.25, 0.3) is 5.91 Å². The largest absolute Gasteiger partial charge is 0.347 e. The van der Waals surface area contributed by atoms with Gasteiger partial charge < -0.3 is 9.80 Å². The van der Waals surface area contributed by atoms with Crippen LogP contribution in [0.2, 0.25) is 5.02 Å². The number of carbonyl (C=O) groups excluding carboxylic acids is 1. The molecule has 1 amide bonds. The van der Waals surface area contributed by atoms with Crippen molar-refractivity contribution >= 4 is 23.5 Å². The lowest BCUT2D eigenvalue weighted by Crippen LogP contribution is -2.33. The van der Waals surface area contributed by atoms with E-state index in [9.17, 15) is 4.79 Å². The molecule has 3 heterocycles. The van der Waals surface area contributed by atoms with Gasteiger partial charge >= 0.3 is 0 Å². The summed E-state index contributed by atoms with van der Waals surface area (Å²) in [4.78, 5) is 26.4. The fourth-order valence-corrected chi connectivity index (χ4v) is 3.86. The number of amides is 1. The van der Waals surface area contributed by atoms with Crippen LogP contribution in [0, 0.1) is 0 Å². The zero-order chi connectivity index (χ0) is 20.5. The smallest absolute Gasteiger partial charge is 0.272 e. The van der Waals surface area contributed by atoms with E-state index in [2.05, 4.69) is 10.1 Å². The zero-order valence-corrected chi connectivity index (χ0v) is 17.5. The van der Waals surface area contributed by atoms with Gasteiger partial charge in [-0.2, -0.15) is 5.10 Å². The number of carbonyl (C=O) groups is 1. The van der Waals surface area contributed by atoms with Crippen LogP contribution in [0.4, 0.5) is 5.95 Å². The maximum absolute atomic E-state index is 13.2. The lowest BCUT2D eigenvalue weighted by Gasteiger charge is -2.26. The van der Waals surface area contributed by atoms with Crippen molar-refractivity contribution in [3.63, 3.8) is 0 Å². The lowest BCUT2D eigenvalue weighted by atomic mass is 9.99. The standard InChI is InChI=1S/C21H23ClN6O/c1-26(2)21-23-13-16(14-6-8-15(22)9-7-14)19(25-21)17-5-4-12-28(17)20(29)18-10-11-24-27(18)3/h6-11,13,17H,4-5,12H2,1-3H3/t17-/m1/s1. The molecule has 7 nitrogen and oxygen atoms in total. The van der Waals surface area contributed by atoms with Crippen LogP contribution in [0.25, 0.3) is 11.1 Å². The number of anilines is 1. The molecule has 0 saturated carbocycles. The van der Waals surface area contributed by atoms with Gasteiger partial charge in [-0.15, -0.1) is 0 Å². The molecular formula is C21H23ClN6O. The quantitative estimate of drug-likeness (QED) is 0.657. The number of aromatic nitrogens is 4. The van der Waals surface area contributed by atoms with E-state index in [1.807, 2.05) is 54.4 Å². The van der Waals surface area contributed by atoms with Gasteiger partial charge in [0.2, 0.25) is 5.95 Å². The first kappa shape index (κ1) is 19.4. The van der Waals surface area contributed by atoms with Gasteiger partial charge in [-0.1, -0.05) is 23.7 Å². The number of rotatable bonds is 4. The van der Waals surface area contributed by atoms with E-state index in [0.29, 0.717) is 23.2 Å². The number of hydrogen-bond acceptors (Lipinski definition) is 5. The number of halogens is 1. The number of benzene rings is 1. The van der Waals surface area contributed by atoms with Crippen LogP contribution in [0.15, 0.2) is 42.7 Å². The van der Waals surface area contributed by atoms with Crippen LogP contribution in [0.1, 0.15) is 35.1 Å². The molecule has 0 N–H and O–H groups in total. The highest BCUT2D eigenvalue weighted by Crippen LogP contribution is 2.38. The fourth-order valence-electron chi connectivity index (χ4n) is 3.73. The molecule has 1 fully saturated rings. The molecule has 1 atom stereocenters. The van der Waals surface area contributed by atoms with Crippen molar-refractivity contribution in [1.82, 2.24) is 24.6 Å².